The van der Waals surface area contributed by atoms with Crippen LogP contribution in [-0.2, 0) is 9.59 Å². The first-order valence-electron chi connectivity index (χ1n) is 4.93. The molecule has 0 saturated heterocycles. The van der Waals surface area contributed by atoms with Crippen LogP contribution in [0.25, 0.3) is 0 Å². The average molecular weight is 240 g/mol. The molecule has 6 heteroatoms. The van der Waals surface area contributed by atoms with Crippen molar-refractivity contribution >= 4 is 17.6 Å². The first-order chi connectivity index (χ1) is 7.97. The molecule has 17 heavy (non-hydrogen) atoms. The molecule has 0 aliphatic rings. The van der Waals surface area contributed by atoms with E-state index in [0.717, 1.165) is 5.69 Å². The Morgan fingerprint density at radius 1 is 1.29 bits per heavy atom. The second-order valence-corrected chi connectivity index (χ2v) is 3.35. The van der Waals surface area contributed by atoms with E-state index in [0.29, 0.717) is 0 Å². The first-order valence-corrected chi connectivity index (χ1v) is 4.93. The molecule has 1 unspecified atom stereocenters. The third kappa shape index (κ3) is 7.80. The van der Waals surface area contributed by atoms with Crippen LogP contribution in [-0.4, -0.2) is 22.2 Å². The summed E-state index contributed by atoms with van der Waals surface area (Å²) in [5.74, 6) is 2.16. The molecular formula is C11H16N2O4. The minimum Gasteiger partial charge on any atom is -0.481 e. The third-order valence-electron chi connectivity index (χ3n) is 1.84. The molecule has 0 aromatic heterocycles. The summed E-state index contributed by atoms with van der Waals surface area (Å²) in [6.45, 7) is 1.36. The standard InChI is InChI=1S/C6H8N2.C5H8O4/c7-8-6-4-2-1-3-5-6;1-3(5(8)9)2-4(6)7/h1-5,8H,7H2;3H,2H2,1H3,(H,6,7)(H,8,9). The summed E-state index contributed by atoms with van der Waals surface area (Å²) < 4.78 is 0. The Labute approximate surface area is 99.0 Å². The number of hydrogen-bond acceptors (Lipinski definition) is 4. The number of nitrogens with two attached hydrogens (primary N) is 1. The van der Waals surface area contributed by atoms with Gasteiger partial charge in [-0.3, -0.25) is 15.4 Å². The molecule has 1 rings (SSSR count). The normalized spacial score (nSPS) is 10.7. The average Bonchev–Trinajstić information content (AvgIpc) is 2.30. The van der Waals surface area contributed by atoms with Crippen LogP contribution >= 0.6 is 0 Å². The van der Waals surface area contributed by atoms with Gasteiger partial charge in [-0.1, -0.05) is 25.1 Å². The van der Waals surface area contributed by atoms with Gasteiger partial charge < -0.3 is 15.6 Å². The Hall–Kier alpha value is -2.08. The number of carboxylic acids is 2. The van der Waals surface area contributed by atoms with Gasteiger partial charge in [-0.2, -0.15) is 0 Å². The van der Waals surface area contributed by atoms with Gasteiger partial charge in [0.2, 0.25) is 0 Å². The summed E-state index contributed by atoms with van der Waals surface area (Å²) in [5.41, 5.74) is 3.46. The highest BCUT2D eigenvalue weighted by atomic mass is 16.4. The van der Waals surface area contributed by atoms with E-state index in [2.05, 4.69) is 5.43 Å². The summed E-state index contributed by atoms with van der Waals surface area (Å²) in [7, 11) is 0. The number of nitrogen functional groups attached to an aromatic ring is 1. The second kappa shape index (κ2) is 8.12. The van der Waals surface area contributed by atoms with Crippen LogP contribution in [0.15, 0.2) is 30.3 Å². The number of carboxylic acid groups (broad SMARTS) is 2. The molecule has 0 spiro atoms. The van der Waals surface area contributed by atoms with Crippen molar-refractivity contribution in [3.63, 3.8) is 0 Å². The van der Waals surface area contributed by atoms with Gasteiger partial charge in [-0.15, -0.1) is 0 Å². The molecule has 94 valence electrons. The Balaban J connectivity index is 0.000000302. The molecule has 0 aliphatic heterocycles. The van der Waals surface area contributed by atoms with Gasteiger partial charge in [0.25, 0.3) is 0 Å². The van der Waals surface area contributed by atoms with Gasteiger partial charge >= 0.3 is 11.9 Å². The van der Waals surface area contributed by atoms with Gasteiger partial charge in [0.1, 0.15) is 0 Å². The Bertz CT molecular complexity index is 354. The quantitative estimate of drug-likeness (QED) is 0.464. The van der Waals surface area contributed by atoms with Crippen molar-refractivity contribution in [3.8, 4) is 0 Å². The zero-order valence-electron chi connectivity index (χ0n) is 9.46. The maximum atomic E-state index is 9.97. The largest absolute Gasteiger partial charge is 0.481 e. The molecule has 0 amide bonds. The van der Waals surface area contributed by atoms with Gasteiger partial charge in [0.15, 0.2) is 0 Å². The van der Waals surface area contributed by atoms with E-state index in [1.807, 2.05) is 30.3 Å². The SMILES string of the molecule is CC(CC(=O)O)C(=O)O.NNc1ccccc1. The maximum absolute atomic E-state index is 9.97. The van der Waals surface area contributed by atoms with Crippen LogP contribution < -0.4 is 11.3 Å². The minimum absolute atomic E-state index is 0.310. The van der Waals surface area contributed by atoms with E-state index in [-0.39, 0.29) is 6.42 Å². The maximum Gasteiger partial charge on any atom is 0.306 e. The summed E-state index contributed by atoms with van der Waals surface area (Å²) in [5, 5.41) is 16.2. The molecule has 5 N–H and O–H groups in total. The van der Waals surface area contributed by atoms with E-state index >= 15 is 0 Å². The number of aliphatic carboxylic acids is 2. The summed E-state index contributed by atoms with van der Waals surface area (Å²) in [6.07, 6.45) is -0.310. The van der Waals surface area contributed by atoms with Crippen LogP contribution in [0.5, 0.6) is 0 Å². The molecule has 0 fully saturated rings. The Morgan fingerprint density at radius 3 is 2.06 bits per heavy atom. The molecule has 0 aliphatic carbocycles. The second-order valence-electron chi connectivity index (χ2n) is 3.35. The molecule has 0 bridgehead atoms. The fraction of sp³-hybridized carbons (Fsp3) is 0.273. The van der Waals surface area contributed by atoms with Crippen LogP contribution in [0, 0.1) is 5.92 Å². The highest BCUT2D eigenvalue weighted by Crippen LogP contribution is 2.00. The molecule has 0 radical (unpaired) electrons. The van der Waals surface area contributed by atoms with Gasteiger partial charge in [0.05, 0.1) is 12.3 Å². The lowest BCUT2D eigenvalue weighted by atomic mass is 10.1. The first kappa shape index (κ1) is 14.9. The van der Waals surface area contributed by atoms with Crippen LogP contribution in [0.3, 0.4) is 0 Å². The summed E-state index contributed by atoms with van der Waals surface area (Å²) in [6, 6.07) is 9.60. The number of rotatable bonds is 4. The molecule has 1 aromatic rings. The predicted molar refractivity (Wildman–Crippen MR) is 63.3 cm³/mol. The Morgan fingerprint density at radius 2 is 1.82 bits per heavy atom. The van der Waals surface area contributed by atoms with Crippen LogP contribution in [0.4, 0.5) is 5.69 Å². The lowest BCUT2D eigenvalue weighted by Crippen LogP contribution is -2.13. The van der Waals surface area contributed by atoms with Crippen molar-refractivity contribution in [2.75, 3.05) is 5.43 Å². The Kier molecular flexibility index (Phi) is 7.12. The molecule has 6 nitrogen and oxygen atoms in total. The smallest absolute Gasteiger partial charge is 0.306 e. The summed E-state index contributed by atoms with van der Waals surface area (Å²) >= 11 is 0. The van der Waals surface area contributed by atoms with Crippen molar-refractivity contribution in [2.24, 2.45) is 11.8 Å². The fourth-order valence-electron chi connectivity index (χ4n) is 0.884. The zero-order valence-corrected chi connectivity index (χ0v) is 9.46. The number of nitrogens with one attached hydrogen (secondary N) is 1. The topological polar surface area (TPSA) is 113 Å². The highest BCUT2D eigenvalue weighted by molar-refractivity contribution is 5.77. The van der Waals surface area contributed by atoms with Gasteiger partial charge in [-0.05, 0) is 12.1 Å². The molecule has 1 atom stereocenters. The molecule has 1 aromatic carbocycles. The van der Waals surface area contributed by atoms with Crippen molar-refractivity contribution in [3.05, 3.63) is 30.3 Å². The third-order valence-corrected chi connectivity index (χ3v) is 1.84. The van der Waals surface area contributed by atoms with E-state index in [4.69, 9.17) is 16.1 Å². The number of hydrazine groups is 1. The minimum atomic E-state index is -1.08. The number of carbonyl (C=O) groups is 2. The lowest BCUT2D eigenvalue weighted by molar-refractivity contribution is -0.147. The number of para-hydroxylation sites is 1. The highest BCUT2D eigenvalue weighted by Gasteiger charge is 2.13. The predicted octanol–water partition coefficient (Wildman–Crippen LogP) is 1.15. The van der Waals surface area contributed by atoms with Gasteiger partial charge in [-0.25, -0.2) is 0 Å². The zero-order chi connectivity index (χ0) is 13.3. The van der Waals surface area contributed by atoms with Crippen LogP contribution in [0.2, 0.25) is 0 Å². The van der Waals surface area contributed by atoms with Crippen molar-refractivity contribution < 1.29 is 19.8 Å². The number of anilines is 1. The molecule has 0 saturated carbocycles. The summed E-state index contributed by atoms with van der Waals surface area (Å²) in [4.78, 5) is 19.8. The number of benzene rings is 1. The van der Waals surface area contributed by atoms with E-state index in [1.165, 1.54) is 6.92 Å². The molecule has 0 heterocycles. The van der Waals surface area contributed by atoms with Crippen molar-refractivity contribution in [2.45, 2.75) is 13.3 Å². The van der Waals surface area contributed by atoms with Crippen molar-refractivity contribution in [1.82, 2.24) is 0 Å². The van der Waals surface area contributed by atoms with Crippen molar-refractivity contribution in [1.29, 1.82) is 0 Å². The van der Waals surface area contributed by atoms with E-state index in [9.17, 15) is 9.59 Å². The van der Waals surface area contributed by atoms with Gasteiger partial charge in [0, 0.05) is 5.69 Å². The van der Waals surface area contributed by atoms with Crippen LogP contribution in [0.1, 0.15) is 13.3 Å². The monoisotopic (exact) mass is 240 g/mol. The molecular weight excluding hydrogens is 224 g/mol. The van der Waals surface area contributed by atoms with E-state index in [1.54, 1.807) is 0 Å². The van der Waals surface area contributed by atoms with E-state index < -0.39 is 17.9 Å². The fourth-order valence-corrected chi connectivity index (χ4v) is 0.884. The lowest BCUT2D eigenvalue weighted by Gasteiger charge is -1.98. The number of hydrogen-bond donors (Lipinski definition) is 4.